The van der Waals surface area contributed by atoms with Gasteiger partial charge in [-0.2, -0.15) is 5.26 Å². The minimum absolute atomic E-state index is 0.138. The summed E-state index contributed by atoms with van der Waals surface area (Å²) in [5.74, 6) is 0.757. The highest BCUT2D eigenvalue weighted by Gasteiger charge is 2.33. The molecule has 1 fully saturated rings. The molecule has 2 N–H and O–H groups in total. The number of nitriles is 1. The van der Waals surface area contributed by atoms with Gasteiger partial charge in [0.2, 0.25) is 11.8 Å². The molecule has 1 aliphatic heterocycles. The van der Waals surface area contributed by atoms with Crippen molar-refractivity contribution in [2.75, 3.05) is 6.54 Å². The molecule has 2 amide bonds. The van der Waals surface area contributed by atoms with Crippen LogP contribution in [0.2, 0.25) is 0 Å². The number of carbonyl (C=O) groups excluding carboxylic acids is 2. The number of para-hydroxylation sites is 1. The van der Waals surface area contributed by atoms with Gasteiger partial charge in [-0.15, -0.1) is 0 Å². The SMILES string of the molecule is N#CC(NC(=O)C1CCCNN1C(=O)CCc1ccccc1)c1cccc(Oc2ccccc2)c1. The second kappa shape index (κ2) is 11.8. The number of benzene rings is 3. The molecule has 35 heavy (non-hydrogen) atoms. The second-order valence-corrected chi connectivity index (χ2v) is 8.37. The summed E-state index contributed by atoms with van der Waals surface area (Å²) < 4.78 is 5.86. The Hall–Kier alpha value is -4.15. The molecule has 0 aliphatic carbocycles. The van der Waals surface area contributed by atoms with Gasteiger partial charge in [-0.25, -0.2) is 5.43 Å². The van der Waals surface area contributed by atoms with E-state index in [-0.39, 0.29) is 11.8 Å². The van der Waals surface area contributed by atoms with E-state index in [1.54, 1.807) is 24.3 Å². The normalized spacial score (nSPS) is 16.1. The van der Waals surface area contributed by atoms with E-state index in [0.29, 0.717) is 42.9 Å². The third-order valence-corrected chi connectivity index (χ3v) is 5.88. The molecule has 0 saturated carbocycles. The van der Waals surface area contributed by atoms with Gasteiger partial charge in [0, 0.05) is 13.0 Å². The summed E-state index contributed by atoms with van der Waals surface area (Å²) in [6, 6.07) is 26.8. The van der Waals surface area contributed by atoms with Crippen LogP contribution in [0.5, 0.6) is 11.5 Å². The Morgan fingerprint density at radius 2 is 1.74 bits per heavy atom. The number of amides is 2. The average molecular weight is 469 g/mol. The van der Waals surface area contributed by atoms with Crippen LogP contribution in [-0.4, -0.2) is 29.4 Å². The van der Waals surface area contributed by atoms with Gasteiger partial charge in [-0.05, 0) is 54.7 Å². The van der Waals surface area contributed by atoms with Crippen LogP contribution in [0.4, 0.5) is 0 Å². The van der Waals surface area contributed by atoms with Crippen LogP contribution in [0.25, 0.3) is 0 Å². The Labute approximate surface area is 205 Å². The first-order valence-corrected chi connectivity index (χ1v) is 11.8. The molecule has 0 aromatic heterocycles. The smallest absolute Gasteiger partial charge is 0.245 e. The average Bonchev–Trinajstić information content (AvgIpc) is 2.91. The zero-order chi connectivity index (χ0) is 24.5. The van der Waals surface area contributed by atoms with E-state index >= 15 is 0 Å². The molecule has 1 heterocycles. The van der Waals surface area contributed by atoms with Gasteiger partial charge in [-0.3, -0.25) is 14.6 Å². The standard InChI is InChI=1S/C28H28N4O3/c29-20-25(22-11-7-14-24(19-22)35-23-12-5-2-6-13-23)31-28(34)26-15-8-18-30-32(26)27(33)17-16-21-9-3-1-4-10-21/h1-7,9-14,19,25-26,30H,8,15-18H2,(H,31,34). The summed E-state index contributed by atoms with van der Waals surface area (Å²) in [6.45, 7) is 0.626. The van der Waals surface area contributed by atoms with Crippen molar-refractivity contribution in [3.8, 4) is 17.6 Å². The number of aryl methyl sites for hydroxylation is 1. The van der Waals surface area contributed by atoms with Gasteiger partial charge >= 0.3 is 0 Å². The molecular weight excluding hydrogens is 440 g/mol. The molecule has 3 aromatic rings. The second-order valence-electron chi connectivity index (χ2n) is 8.37. The van der Waals surface area contributed by atoms with E-state index < -0.39 is 12.1 Å². The molecule has 0 bridgehead atoms. The highest BCUT2D eigenvalue weighted by atomic mass is 16.5. The summed E-state index contributed by atoms with van der Waals surface area (Å²) >= 11 is 0. The van der Waals surface area contributed by atoms with E-state index in [4.69, 9.17) is 4.74 Å². The van der Waals surface area contributed by atoms with Gasteiger partial charge in [0.25, 0.3) is 0 Å². The molecule has 2 atom stereocenters. The lowest BCUT2D eigenvalue weighted by atomic mass is 10.0. The fourth-order valence-corrected chi connectivity index (χ4v) is 4.07. The Morgan fingerprint density at radius 3 is 2.49 bits per heavy atom. The molecule has 1 aliphatic rings. The molecule has 7 nitrogen and oxygen atoms in total. The summed E-state index contributed by atoms with van der Waals surface area (Å²) in [4.78, 5) is 26.1. The first-order valence-electron chi connectivity index (χ1n) is 11.8. The highest BCUT2D eigenvalue weighted by molar-refractivity contribution is 5.88. The molecule has 4 rings (SSSR count). The Morgan fingerprint density at radius 1 is 1.03 bits per heavy atom. The molecule has 0 radical (unpaired) electrons. The molecule has 0 spiro atoms. The predicted molar refractivity (Wildman–Crippen MR) is 132 cm³/mol. The Kier molecular flexibility index (Phi) is 8.10. The van der Waals surface area contributed by atoms with Crippen molar-refractivity contribution in [2.24, 2.45) is 0 Å². The van der Waals surface area contributed by atoms with Crippen molar-refractivity contribution < 1.29 is 14.3 Å². The van der Waals surface area contributed by atoms with E-state index in [2.05, 4.69) is 16.8 Å². The third-order valence-electron chi connectivity index (χ3n) is 5.88. The molecule has 7 heteroatoms. The van der Waals surface area contributed by atoms with Crippen molar-refractivity contribution in [2.45, 2.75) is 37.8 Å². The summed E-state index contributed by atoms with van der Waals surface area (Å²) in [5, 5.41) is 14.0. The lowest BCUT2D eigenvalue weighted by molar-refractivity contribution is -0.146. The first kappa shape index (κ1) is 24.0. The van der Waals surface area contributed by atoms with Gasteiger partial charge < -0.3 is 10.1 Å². The Balaban J connectivity index is 1.41. The Bertz CT molecular complexity index is 1180. The van der Waals surface area contributed by atoms with Crippen molar-refractivity contribution in [3.05, 3.63) is 96.1 Å². The van der Waals surface area contributed by atoms with Crippen LogP contribution in [-0.2, 0) is 16.0 Å². The quantitative estimate of drug-likeness (QED) is 0.514. The molecule has 2 unspecified atom stereocenters. The highest BCUT2D eigenvalue weighted by Crippen LogP contribution is 2.25. The maximum atomic E-state index is 13.2. The van der Waals surface area contributed by atoms with E-state index in [1.807, 2.05) is 60.7 Å². The van der Waals surface area contributed by atoms with Gasteiger partial charge in [-0.1, -0.05) is 60.7 Å². The zero-order valence-corrected chi connectivity index (χ0v) is 19.4. The topological polar surface area (TPSA) is 94.5 Å². The van der Waals surface area contributed by atoms with Crippen LogP contribution >= 0.6 is 0 Å². The van der Waals surface area contributed by atoms with Crippen molar-refractivity contribution in [3.63, 3.8) is 0 Å². The number of carbonyl (C=O) groups is 2. The third kappa shape index (κ3) is 6.46. The minimum atomic E-state index is -0.870. The molecule has 178 valence electrons. The maximum Gasteiger partial charge on any atom is 0.245 e. The number of rotatable bonds is 8. The van der Waals surface area contributed by atoms with Gasteiger partial charge in [0.15, 0.2) is 0 Å². The minimum Gasteiger partial charge on any atom is -0.457 e. The van der Waals surface area contributed by atoms with Gasteiger partial charge in [0.1, 0.15) is 23.6 Å². The number of nitrogens with one attached hydrogen (secondary N) is 2. The summed E-state index contributed by atoms with van der Waals surface area (Å²) in [7, 11) is 0. The van der Waals surface area contributed by atoms with Crippen molar-refractivity contribution in [1.82, 2.24) is 15.8 Å². The lowest BCUT2D eigenvalue weighted by Gasteiger charge is -2.35. The zero-order valence-electron chi connectivity index (χ0n) is 19.4. The summed E-state index contributed by atoms with van der Waals surface area (Å²) in [6.07, 6.45) is 2.19. The van der Waals surface area contributed by atoms with E-state index in [9.17, 15) is 14.9 Å². The first-order chi connectivity index (χ1) is 17.1. The molecule has 3 aromatic carbocycles. The van der Waals surface area contributed by atoms with E-state index in [1.165, 1.54) is 5.01 Å². The number of hydrazine groups is 1. The summed E-state index contributed by atoms with van der Waals surface area (Å²) in [5.41, 5.74) is 4.76. The van der Waals surface area contributed by atoms with Crippen LogP contribution in [0.1, 0.15) is 36.4 Å². The van der Waals surface area contributed by atoms with Gasteiger partial charge in [0.05, 0.1) is 6.07 Å². The van der Waals surface area contributed by atoms with Crippen molar-refractivity contribution in [1.29, 1.82) is 5.26 Å². The maximum absolute atomic E-state index is 13.2. The van der Waals surface area contributed by atoms with Crippen LogP contribution in [0.3, 0.4) is 0 Å². The fourth-order valence-electron chi connectivity index (χ4n) is 4.07. The molecule has 1 saturated heterocycles. The lowest BCUT2D eigenvalue weighted by Crippen LogP contribution is -2.58. The van der Waals surface area contributed by atoms with Crippen LogP contribution in [0, 0.1) is 11.3 Å². The monoisotopic (exact) mass is 468 g/mol. The molecular formula is C28H28N4O3. The number of hydrogen-bond acceptors (Lipinski definition) is 5. The predicted octanol–water partition coefficient (Wildman–Crippen LogP) is 4.29. The van der Waals surface area contributed by atoms with Crippen molar-refractivity contribution >= 4 is 11.8 Å². The number of hydrogen-bond donors (Lipinski definition) is 2. The number of nitrogens with zero attached hydrogens (tertiary/aromatic N) is 2. The number of ether oxygens (including phenoxy) is 1. The van der Waals surface area contributed by atoms with Crippen LogP contribution < -0.4 is 15.5 Å². The van der Waals surface area contributed by atoms with E-state index in [0.717, 1.165) is 12.0 Å². The van der Waals surface area contributed by atoms with Crippen LogP contribution in [0.15, 0.2) is 84.9 Å². The largest absolute Gasteiger partial charge is 0.457 e. The fraction of sp³-hybridized carbons (Fsp3) is 0.250.